The van der Waals surface area contributed by atoms with Crippen molar-refractivity contribution in [1.82, 2.24) is 4.98 Å². The highest BCUT2D eigenvalue weighted by molar-refractivity contribution is 7.98. The molecule has 0 aliphatic heterocycles. The zero-order valence-electron chi connectivity index (χ0n) is 7.42. The Morgan fingerprint density at radius 3 is 2.75 bits per heavy atom. The number of pyridine rings is 1. The van der Waals surface area contributed by atoms with Gasteiger partial charge in [0.15, 0.2) is 5.78 Å². The van der Waals surface area contributed by atoms with Crippen molar-refractivity contribution in [2.45, 2.75) is 18.7 Å². The lowest BCUT2D eigenvalue weighted by Crippen LogP contribution is -1.97. The van der Waals surface area contributed by atoms with E-state index in [1.807, 2.05) is 19.2 Å². The van der Waals surface area contributed by atoms with E-state index in [0.717, 1.165) is 10.6 Å². The van der Waals surface area contributed by atoms with Crippen molar-refractivity contribution in [3.05, 3.63) is 23.5 Å². The van der Waals surface area contributed by atoms with E-state index >= 15 is 0 Å². The third-order valence-electron chi connectivity index (χ3n) is 1.60. The molecular formula is C9H11NOS. The average molecular weight is 181 g/mol. The fourth-order valence-electron chi connectivity index (χ4n) is 0.968. The number of nitrogens with zero attached hydrogens (tertiary/aromatic N) is 1. The molecule has 1 aromatic rings. The van der Waals surface area contributed by atoms with Crippen molar-refractivity contribution in [1.29, 1.82) is 0 Å². The summed E-state index contributed by atoms with van der Waals surface area (Å²) < 4.78 is 0. The lowest BCUT2D eigenvalue weighted by Gasteiger charge is -2.03. The highest BCUT2D eigenvalue weighted by atomic mass is 32.2. The number of hydrogen-bond acceptors (Lipinski definition) is 3. The van der Waals surface area contributed by atoms with Crippen molar-refractivity contribution in [3.63, 3.8) is 0 Å². The first-order valence-corrected chi connectivity index (χ1v) is 4.89. The van der Waals surface area contributed by atoms with Crippen LogP contribution < -0.4 is 0 Å². The van der Waals surface area contributed by atoms with Gasteiger partial charge in [0.05, 0.1) is 0 Å². The molecule has 0 saturated heterocycles. The van der Waals surface area contributed by atoms with Crippen LogP contribution in [0, 0.1) is 6.92 Å². The van der Waals surface area contributed by atoms with Crippen LogP contribution in [0.1, 0.15) is 23.0 Å². The fourth-order valence-corrected chi connectivity index (χ4v) is 1.67. The van der Waals surface area contributed by atoms with Crippen molar-refractivity contribution in [3.8, 4) is 0 Å². The first-order chi connectivity index (χ1) is 5.65. The Morgan fingerprint density at radius 1 is 1.58 bits per heavy atom. The summed E-state index contributed by atoms with van der Waals surface area (Å²) in [4.78, 5) is 16.2. The van der Waals surface area contributed by atoms with Crippen LogP contribution in [0.4, 0.5) is 0 Å². The van der Waals surface area contributed by atoms with Crippen LogP contribution in [0.25, 0.3) is 0 Å². The normalized spacial score (nSPS) is 9.92. The van der Waals surface area contributed by atoms with E-state index in [4.69, 9.17) is 0 Å². The van der Waals surface area contributed by atoms with Gasteiger partial charge in [-0.3, -0.25) is 9.78 Å². The van der Waals surface area contributed by atoms with E-state index in [1.54, 1.807) is 24.9 Å². The molecule has 2 nitrogen and oxygen atoms in total. The minimum Gasteiger partial charge on any atom is -0.294 e. The van der Waals surface area contributed by atoms with E-state index in [9.17, 15) is 4.79 Å². The second kappa shape index (κ2) is 3.72. The topological polar surface area (TPSA) is 30.0 Å². The SMILES string of the molecule is CSc1cc(C)ncc1C(C)=O. The maximum atomic E-state index is 11.1. The lowest BCUT2D eigenvalue weighted by atomic mass is 10.2. The summed E-state index contributed by atoms with van der Waals surface area (Å²) in [6.45, 7) is 3.48. The van der Waals surface area contributed by atoms with Crippen LogP contribution in [0.3, 0.4) is 0 Å². The van der Waals surface area contributed by atoms with E-state index < -0.39 is 0 Å². The summed E-state index contributed by atoms with van der Waals surface area (Å²) in [5.74, 6) is 0.0758. The molecule has 0 unspecified atom stereocenters. The Morgan fingerprint density at radius 2 is 2.25 bits per heavy atom. The molecule has 0 N–H and O–H groups in total. The number of rotatable bonds is 2. The van der Waals surface area contributed by atoms with Gasteiger partial charge >= 0.3 is 0 Å². The molecule has 0 amide bonds. The molecular weight excluding hydrogens is 170 g/mol. The molecule has 0 saturated carbocycles. The van der Waals surface area contributed by atoms with Crippen molar-refractivity contribution in [2.75, 3.05) is 6.26 Å². The maximum absolute atomic E-state index is 11.1. The zero-order chi connectivity index (χ0) is 9.14. The average Bonchev–Trinajstić information content (AvgIpc) is 2.03. The summed E-state index contributed by atoms with van der Waals surface area (Å²) in [5.41, 5.74) is 1.66. The van der Waals surface area contributed by atoms with Crippen LogP contribution in [-0.2, 0) is 0 Å². The quantitative estimate of drug-likeness (QED) is 0.518. The number of Topliss-reactive ketones (excluding diaryl/α,β-unsaturated/α-hetero) is 1. The molecule has 64 valence electrons. The maximum Gasteiger partial charge on any atom is 0.162 e. The molecule has 3 heteroatoms. The van der Waals surface area contributed by atoms with Gasteiger partial charge in [-0.2, -0.15) is 0 Å². The number of carbonyl (C=O) groups excluding carboxylic acids is 1. The van der Waals surface area contributed by atoms with Gasteiger partial charge in [0, 0.05) is 22.3 Å². The molecule has 12 heavy (non-hydrogen) atoms. The van der Waals surface area contributed by atoms with Gasteiger partial charge in [-0.25, -0.2) is 0 Å². The molecule has 0 atom stereocenters. The summed E-state index contributed by atoms with van der Waals surface area (Å²) in [6.07, 6.45) is 3.60. The van der Waals surface area contributed by atoms with E-state index in [0.29, 0.717) is 5.56 Å². The molecule has 0 bridgehead atoms. The van der Waals surface area contributed by atoms with Gasteiger partial charge in [-0.15, -0.1) is 11.8 Å². The van der Waals surface area contributed by atoms with Crippen LogP contribution >= 0.6 is 11.8 Å². The first kappa shape index (κ1) is 9.26. The van der Waals surface area contributed by atoms with Crippen LogP contribution in [0.15, 0.2) is 17.2 Å². The summed E-state index contributed by atoms with van der Waals surface area (Å²) in [7, 11) is 0. The minimum absolute atomic E-state index is 0.0758. The Balaban J connectivity index is 3.20. The Hall–Kier alpha value is -0.830. The summed E-state index contributed by atoms with van der Waals surface area (Å²) in [6, 6.07) is 1.93. The van der Waals surface area contributed by atoms with Gasteiger partial charge in [0.2, 0.25) is 0 Å². The smallest absolute Gasteiger partial charge is 0.162 e. The highest BCUT2D eigenvalue weighted by Crippen LogP contribution is 2.20. The minimum atomic E-state index is 0.0758. The molecule has 1 rings (SSSR count). The van der Waals surface area contributed by atoms with E-state index in [-0.39, 0.29) is 5.78 Å². The number of thioether (sulfide) groups is 1. The van der Waals surface area contributed by atoms with Crippen LogP contribution in [0.5, 0.6) is 0 Å². The molecule has 0 aliphatic rings. The third kappa shape index (κ3) is 1.85. The number of aryl methyl sites for hydroxylation is 1. The second-order valence-corrected chi connectivity index (χ2v) is 3.43. The number of aromatic nitrogens is 1. The van der Waals surface area contributed by atoms with Gasteiger partial charge < -0.3 is 0 Å². The Labute approximate surface area is 76.4 Å². The van der Waals surface area contributed by atoms with Crippen molar-refractivity contribution >= 4 is 17.5 Å². The van der Waals surface area contributed by atoms with Crippen molar-refractivity contribution in [2.24, 2.45) is 0 Å². The predicted molar refractivity (Wildman–Crippen MR) is 50.8 cm³/mol. The Bertz CT molecular complexity index is 309. The summed E-state index contributed by atoms with van der Waals surface area (Å²) >= 11 is 1.58. The fraction of sp³-hybridized carbons (Fsp3) is 0.333. The predicted octanol–water partition coefficient (Wildman–Crippen LogP) is 2.31. The second-order valence-electron chi connectivity index (χ2n) is 2.58. The van der Waals surface area contributed by atoms with E-state index in [1.165, 1.54) is 0 Å². The van der Waals surface area contributed by atoms with E-state index in [2.05, 4.69) is 4.98 Å². The molecule has 0 fully saturated rings. The van der Waals surface area contributed by atoms with Gasteiger partial charge in [-0.1, -0.05) is 0 Å². The lowest BCUT2D eigenvalue weighted by molar-refractivity contribution is 0.101. The van der Waals surface area contributed by atoms with Gasteiger partial charge in [0.1, 0.15) is 0 Å². The Kier molecular flexibility index (Phi) is 2.87. The van der Waals surface area contributed by atoms with Crippen LogP contribution in [-0.4, -0.2) is 17.0 Å². The van der Waals surface area contributed by atoms with Crippen molar-refractivity contribution < 1.29 is 4.79 Å². The highest BCUT2D eigenvalue weighted by Gasteiger charge is 2.06. The standard InChI is InChI=1S/C9H11NOS/c1-6-4-9(12-3)8(5-10-6)7(2)11/h4-5H,1-3H3. The van der Waals surface area contributed by atoms with Crippen LogP contribution in [0.2, 0.25) is 0 Å². The third-order valence-corrected chi connectivity index (χ3v) is 2.38. The molecule has 1 heterocycles. The molecule has 0 radical (unpaired) electrons. The van der Waals surface area contributed by atoms with Gasteiger partial charge in [-0.05, 0) is 26.2 Å². The monoisotopic (exact) mass is 181 g/mol. The summed E-state index contributed by atoms with van der Waals surface area (Å²) in [5, 5.41) is 0. The number of carbonyl (C=O) groups is 1. The molecule has 0 aromatic carbocycles. The largest absolute Gasteiger partial charge is 0.294 e. The zero-order valence-corrected chi connectivity index (χ0v) is 8.23. The molecule has 0 aliphatic carbocycles. The van der Waals surface area contributed by atoms with Gasteiger partial charge in [0.25, 0.3) is 0 Å². The number of hydrogen-bond donors (Lipinski definition) is 0. The number of ketones is 1. The molecule has 0 spiro atoms. The first-order valence-electron chi connectivity index (χ1n) is 3.66. The molecule has 1 aromatic heterocycles.